The van der Waals surface area contributed by atoms with E-state index in [-0.39, 0.29) is 26.0 Å². The zero-order valence-electron chi connectivity index (χ0n) is 28.8. The van der Waals surface area contributed by atoms with Gasteiger partial charge in [0.25, 0.3) is 0 Å². The average Bonchev–Trinajstić information content (AvgIpc) is 3.46. The molecule has 2 aromatic rings. The van der Waals surface area contributed by atoms with E-state index in [1.165, 1.54) is 38.5 Å². The van der Waals surface area contributed by atoms with Gasteiger partial charge in [0.05, 0.1) is 39.1 Å². The van der Waals surface area contributed by atoms with E-state index in [0.717, 1.165) is 55.0 Å². The summed E-state index contributed by atoms with van der Waals surface area (Å²) in [7, 11) is 1.60. The highest BCUT2D eigenvalue weighted by Gasteiger charge is 2.41. The quantitative estimate of drug-likeness (QED) is 0.0599. The number of fused-ring (bicyclic) bond motifs is 1. The molecule has 0 aliphatic rings. The summed E-state index contributed by atoms with van der Waals surface area (Å²) < 4.78 is 58.4. The number of rotatable bonds is 29. The van der Waals surface area contributed by atoms with Crippen LogP contribution in [0.1, 0.15) is 102 Å². The summed E-state index contributed by atoms with van der Waals surface area (Å²) >= 11 is 0. The van der Waals surface area contributed by atoms with Crippen molar-refractivity contribution >= 4 is 16.8 Å². The van der Waals surface area contributed by atoms with Crippen LogP contribution >= 0.6 is 0 Å². The number of alkyl halides is 3. The molecule has 0 aliphatic carbocycles. The van der Waals surface area contributed by atoms with Crippen molar-refractivity contribution in [3.63, 3.8) is 0 Å². The van der Waals surface area contributed by atoms with E-state index in [9.17, 15) is 18.0 Å². The zero-order valence-corrected chi connectivity index (χ0v) is 28.8. The first-order valence-electron chi connectivity index (χ1n) is 17.8. The molecule has 3 N–H and O–H groups in total. The Morgan fingerprint density at radius 2 is 1.47 bits per heavy atom. The molecule has 0 saturated heterocycles. The molecule has 0 radical (unpaired) electrons. The Kier molecular flexibility index (Phi) is 22.2. The van der Waals surface area contributed by atoms with E-state index < -0.39 is 24.2 Å². The Balaban J connectivity index is 1.79. The summed E-state index contributed by atoms with van der Waals surface area (Å²) in [6.07, 6.45) is 16.0. The molecule has 1 aromatic heterocycles. The Labute approximate surface area is 280 Å². The normalized spacial score (nSPS) is 13.5. The lowest BCUT2D eigenvalue weighted by Crippen LogP contribution is -2.54. The largest absolute Gasteiger partial charge is 0.403 e. The smallest absolute Gasteiger partial charge is 0.382 e. The van der Waals surface area contributed by atoms with E-state index >= 15 is 0 Å². The molecule has 2 unspecified atom stereocenters. The minimum absolute atomic E-state index is 0.0591. The molecular formula is C37H60F3N3O4. The van der Waals surface area contributed by atoms with Crippen molar-refractivity contribution in [2.45, 2.75) is 121 Å². The van der Waals surface area contributed by atoms with Crippen LogP contribution < -0.4 is 10.6 Å². The van der Waals surface area contributed by atoms with Crippen LogP contribution in [0, 0.1) is 0 Å². The molecule has 0 saturated carbocycles. The average molecular weight is 668 g/mol. The summed E-state index contributed by atoms with van der Waals surface area (Å²) in [6, 6.07) is 4.77. The lowest BCUT2D eigenvalue weighted by molar-refractivity contribution is -0.160. The number of ether oxygens (including phenoxy) is 3. The molecule has 268 valence electrons. The van der Waals surface area contributed by atoms with Crippen molar-refractivity contribution in [3.8, 4) is 0 Å². The number of H-pyrrole nitrogens is 1. The number of benzene rings is 1. The van der Waals surface area contributed by atoms with Crippen molar-refractivity contribution in [2.24, 2.45) is 0 Å². The zero-order chi connectivity index (χ0) is 34.0. The SMILES string of the molecule is CCCCCC/C=C\CCCCCCCCCC(NC(Cc1c[nH]c2ccccc12)C(=O)NCCOCCOCCOC)C(F)(F)F. The van der Waals surface area contributed by atoms with Gasteiger partial charge in [-0.2, -0.15) is 13.2 Å². The molecule has 1 amide bonds. The summed E-state index contributed by atoms with van der Waals surface area (Å²) in [5, 5.41) is 6.36. The number of nitrogens with one attached hydrogen (secondary N) is 3. The highest BCUT2D eigenvalue weighted by Crippen LogP contribution is 2.26. The standard InChI is InChI=1S/C37H60F3N3O4/c1-3-4-5-6-7-8-9-10-11-12-13-14-15-16-17-22-35(37(38,39)40)43-34(29-31-30-42-33-21-19-18-20-32(31)33)36(44)41-23-24-46-27-28-47-26-25-45-2/h8-9,18-21,30,34-35,42-43H,3-7,10-17,22-29H2,1-2H3,(H,41,44)/b9-8-. The third-order valence-electron chi connectivity index (χ3n) is 8.32. The Bertz CT molecular complexity index is 1090. The third kappa shape index (κ3) is 18.7. The van der Waals surface area contributed by atoms with Gasteiger partial charge in [-0.15, -0.1) is 0 Å². The fraction of sp³-hybridized carbons (Fsp3) is 0.703. The minimum Gasteiger partial charge on any atom is -0.382 e. The summed E-state index contributed by atoms with van der Waals surface area (Å²) in [6.45, 7) is 4.36. The van der Waals surface area contributed by atoms with E-state index in [1.807, 2.05) is 24.3 Å². The van der Waals surface area contributed by atoms with E-state index in [4.69, 9.17) is 14.2 Å². The summed E-state index contributed by atoms with van der Waals surface area (Å²) in [5.41, 5.74) is 1.67. The lowest BCUT2D eigenvalue weighted by Gasteiger charge is -2.27. The molecule has 1 heterocycles. The van der Waals surface area contributed by atoms with Crippen LogP contribution in [0.25, 0.3) is 10.9 Å². The van der Waals surface area contributed by atoms with Gasteiger partial charge in [-0.25, -0.2) is 0 Å². The van der Waals surface area contributed by atoms with Crippen molar-refractivity contribution in [1.29, 1.82) is 0 Å². The van der Waals surface area contributed by atoms with Crippen LogP contribution in [-0.2, 0) is 25.4 Å². The highest BCUT2D eigenvalue weighted by atomic mass is 19.4. The number of amides is 1. The number of aromatic nitrogens is 1. The van der Waals surface area contributed by atoms with Crippen LogP contribution in [0.2, 0.25) is 0 Å². The van der Waals surface area contributed by atoms with Gasteiger partial charge < -0.3 is 24.5 Å². The van der Waals surface area contributed by atoms with Gasteiger partial charge in [0.1, 0.15) is 6.04 Å². The second kappa shape index (κ2) is 25.6. The molecular weight excluding hydrogens is 607 g/mol. The maximum atomic E-state index is 14.2. The third-order valence-corrected chi connectivity index (χ3v) is 8.32. The molecule has 0 bridgehead atoms. The van der Waals surface area contributed by atoms with Gasteiger partial charge in [0, 0.05) is 30.8 Å². The van der Waals surface area contributed by atoms with Crippen LogP contribution in [-0.4, -0.2) is 75.8 Å². The number of para-hydroxylation sites is 1. The number of methoxy groups -OCH3 is 1. The van der Waals surface area contributed by atoms with Crippen molar-refractivity contribution in [3.05, 3.63) is 48.2 Å². The van der Waals surface area contributed by atoms with E-state index in [1.54, 1.807) is 13.3 Å². The number of hydrogen-bond donors (Lipinski definition) is 3. The number of carbonyl (C=O) groups is 1. The monoisotopic (exact) mass is 667 g/mol. The first-order chi connectivity index (χ1) is 22.9. The molecule has 2 atom stereocenters. The predicted molar refractivity (Wildman–Crippen MR) is 185 cm³/mol. The molecule has 0 spiro atoms. The van der Waals surface area contributed by atoms with Crippen LogP contribution in [0.3, 0.4) is 0 Å². The summed E-state index contributed by atoms with van der Waals surface area (Å²) in [4.78, 5) is 16.4. The number of halogens is 3. The number of allylic oxidation sites excluding steroid dienone is 2. The molecule has 10 heteroatoms. The van der Waals surface area contributed by atoms with Gasteiger partial charge in [0.15, 0.2) is 0 Å². The lowest BCUT2D eigenvalue weighted by atomic mass is 10.0. The van der Waals surface area contributed by atoms with E-state index in [2.05, 4.69) is 34.7 Å². The second-order valence-electron chi connectivity index (χ2n) is 12.3. The van der Waals surface area contributed by atoms with Crippen LogP contribution in [0.5, 0.6) is 0 Å². The first-order valence-corrected chi connectivity index (χ1v) is 17.8. The Hall–Kier alpha value is -2.40. The van der Waals surface area contributed by atoms with Crippen molar-refractivity contribution in [1.82, 2.24) is 15.6 Å². The van der Waals surface area contributed by atoms with Gasteiger partial charge in [-0.1, -0.05) is 95.1 Å². The van der Waals surface area contributed by atoms with Crippen molar-refractivity contribution < 1.29 is 32.2 Å². The van der Waals surface area contributed by atoms with Crippen molar-refractivity contribution in [2.75, 3.05) is 46.7 Å². The van der Waals surface area contributed by atoms with Gasteiger partial charge in [0.2, 0.25) is 5.91 Å². The fourth-order valence-corrected chi connectivity index (χ4v) is 5.59. The Morgan fingerprint density at radius 3 is 2.15 bits per heavy atom. The van der Waals surface area contributed by atoms with E-state index in [0.29, 0.717) is 32.8 Å². The minimum atomic E-state index is -4.46. The molecule has 2 rings (SSSR count). The molecule has 7 nitrogen and oxygen atoms in total. The fourth-order valence-electron chi connectivity index (χ4n) is 5.59. The summed E-state index contributed by atoms with van der Waals surface area (Å²) in [5.74, 6) is -0.476. The highest BCUT2D eigenvalue weighted by molar-refractivity contribution is 5.86. The maximum Gasteiger partial charge on any atom is 0.403 e. The van der Waals surface area contributed by atoms with Gasteiger partial charge >= 0.3 is 6.18 Å². The topological polar surface area (TPSA) is 84.6 Å². The number of unbranched alkanes of at least 4 members (excludes halogenated alkanes) is 11. The van der Waals surface area contributed by atoms with Crippen LogP contribution in [0.15, 0.2) is 42.6 Å². The molecule has 47 heavy (non-hydrogen) atoms. The Morgan fingerprint density at radius 1 is 0.851 bits per heavy atom. The van der Waals surface area contributed by atoms with Crippen LogP contribution in [0.4, 0.5) is 13.2 Å². The second-order valence-corrected chi connectivity index (χ2v) is 12.3. The molecule has 0 fully saturated rings. The van der Waals surface area contributed by atoms with Gasteiger partial charge in [-0.3, -0.25) is 10.1 Å². The molecule has 1 aromatic carbocycles. The maximum absolute atomic E-state index is 14.2. The number of carbonyl (C=O) groups excluding carboxylic acids is 1. The van der Waals surface area contributed by atoms with Gasteiger partial charge in [-0.05, 0) is 50.2 Å². The predicted octanol–water partition coefficient (Wildman–Crippen LogP) is 8.43. The number of aromatic amines is 1. The number of hydrogen-bond acceptors (Lipinski definition) is 5. The first kappa shape index (κ1) is 40.8. The molecule has 0 aliphatic heterocycles.